The van der Waals surface area contributed by atoms with Gasteiger partial charge in [0.1, 0.15) is 6.61 Å². The van der Waals surface area contributed by atoms with E-state index in [0.29, 0.717) is 25.6 Å². The van der Waals surface area contributed by atoms with Gasteiger partial charge in [-0.05, 0) is 31.2 Å². The molecule has 0 unspecified atom stereocenters. The Balaban J connectivity index is 1.49. The molecule has 0 aromatic heterocycles. The molecule has 2 atom stereocenters. The fourth-order valence-electron chi connectivity index (χ4n) is 4.14. The topological polar surface area (TPSA) is 75.9 Å². The van der Waals surface area contributed by atoms with Gasteiger partial charge in [0.15, 0.2) is 0 Å². The zero-order chi connectivity index (χ0) is 19.2. The first kappa shape index (κ1) is 19.7. The lowest BCUT2D eigenvalue weighted by molar-refractivity contribution is -0.136. The van der Waals surface area contributed by atoms with Gasteiger partial charge in [-0.25, -0.2) is 4.79 Å². The summed E-state index contributed by atoms with van der Waals surface area (Å²) in [6.07, 6.45) is 5.36. The molecule has 148 valence electrons. The van der Waals surface area contributed by atoms with Crippen molar-refractivity contribution in [3.05, 3.63) is 35.9 Å². The number of carbonyl (C=O) groups excluding carboxylic acids is 2. The molecule has 0 radical (unpaired) electrons. The van der Waals surface area contributed by atoms with Gasteiger partial charge in [-0.15, -0.1) is 0 Å². The third-order valence-electron chi connectivity index (χ3n) is 5.82. The highest BCUT2D eigenvalue weighted by atomic mass is 16.6. The molecule has 1 aliphatic heterocycles. The van der Waals surface area contributed by atoms with Crippen LogP contribution < -0.4 is 5.73 Å². The van der Waals surface area contributed by atoms with Crippen LogP contribution in [0.15, 0.2) is 30.3 Å². The number of rotatable bonds is 4. The summed E-state index contributed by atoms with van der Waals surface area (Å²) < 4.78 is 5.44. The molecule has 1 aliphatic carbocycles. The first-order valence-electron chi connectivity index (χ1n) is 10.1. The maximum absolute atomic E-state index is 12.8. The molecule has 1 aromatic rings. The largest absolute Gasteiger partial charge is 0.445 e. The molecule has 2 fully saturated rings. The van der Waals surface area contributed by atoms with Crippen LogP contribution in [0.4, 0.5) is 4.79 Å². The van der Waals surface area contributed by atoms with Crippen molar-refractivity contribution in [1.29, 1.82) is 0 Å². The second-order valence-electron chi connectivity index (χ2n) is 7.79. The van der Waals surface area contributed by atoms with Gasteiger partial charge >= 0.3 is 6.09 Å². The monoisotopic (exact) mass is 373 g/mol. The predicted octanol–water partition coefficient (Wildman–Crippen LogP) is 2.76. The fourth-order valence-corrected chi connectivity index (χ4v) is 4.14. The van der Waals surface area contributed by atoms with Crippen molar-refractivity contribution in [3.8, 4) is 0 Å². The quantitative estimate of drug-likeness (QED) is 0.880. The molecule has 2 amide bonds. The summed E-state index contributed by atoms with van der Waals surface area (Å²) in [6.45, 7) is 3.73. The second-order valence-corrected chi connectivity index (χ2v) is 7.79. The summed E-state index contributed by atoms with van der Waals surface area (Å²) in [5, 5.41) is 0. The standard InChI is InChI=1S/C21H31N3O3/c1-16-14-23(20(25)19(22)18-10-6-3-7-11-18)12-13-24(16)21(26)27-15-17-8-4-2-5-9-17/h2,4-5,8-9,16,18-19H,3,6-7,10-15,22H2,1H3/t16-,19-/m0/s1. The molecule has 2 aliphatic rings. The number of hydrogen-bond acceptors (Lipinski definition) is 4. The summed E-state index contributed by atoms with van der Waals surface area (Å²) in [5.41, 5.74) is 7.24. The third kappa shape index (κ3) is 5.01. The zero-order valence-corrected chi connectivity index (χ0v) is 16.2. The molecule has 1 saturated carbocycles. The van der Waals surface area contributed by atoms with Gasteiger partial charge in [-0.3, -0.25) is 4.79 Å². The minimum atomic E-state index is -0.408. The van der Waals surface area contributed by atoms with Gasteiger partial charge in [0.2, 0.25) is 5.91 Å². The summed E-state index contributed by atoms with van der Waals surface area (Å²) in [7, 11) is 0. The summed E-state index contributed by atoms with van der Waals surface area (Å²) in [6, 6.07) is 9.15. The first-order valence-corrected chi connectivity index (χ1v) is 10.1. The third-order valence-corrected chi connectivity index (χ3v) is 5.82. The van der Waals surface area contributed by atoms with Crippen LogP contribution in [0, 0.1) is 5.92 Å². The van der Waals surface area contributed by atoms with E-state index in [-0.39, 0.29) is 24.6 Å². The van der Waals surface area contributed by atoms with Crippen LogP contribution in [0.25, 0.3) is 0 Å². The van der Waals surface area contributed by atoms with Crippen LogP contribution in [-0.2, 0) is 16.1 Å². The minimum absolute atomic E-state index is 0.0334. The van der Waals surface area contributed by atoms with E-state index in [2.05, 4.69) is 0 Å². The fraction of sp³-hybridized carbons (Fsp3) is 0.619. The number of carbonyl (C=O) groups is 2. The number of nitrogens with zero attached hydrogens (tertiary/aromatic N) is 2. The Bertz CT molecular complexity index is 631. The van der Waals surface area contributed by atoms with Gasteiger partial charge in [0.05, 0.1) is 6.04 Å². The van der Waals surface area contributed by atoms with Crippen molar-refractivity contribution >= 4 is 12.0 Å². The van der Waals surface area contributed by atoms with Crippen LogP contribution >= 0.6 is 0 Å². The number of hydrogen-bond donors (Lipinski definition) is 1. The highest BCUT2D eigenvalue weighted by Gasteiger charge is 2.35. The van der Waals surface area contributed by atoms with Gasteiger partial charge in [-0.1, -0.05) is 49.6 Å². The highest BCUT2D eigenvalue weighted by Crippen LogP contribution is 2.27. The van der Waals surface area contributed by atoms with Gasteiger partial charge in [0, 0.05) is 25.7 Å². The van der Waals surface area contributed by atoms with Crippen molar-refractivity contribution in [2.75, 3.05) is 19.6 Å². The SMILES string of the molecule is C[C@H]1CN(C(=O)[C@@H](N)C2CCCCC2)CCN1C(=O)OCc1ccccc1. The minimum Gasteiger partial charge on any atom is -0.445 e. The lowest BCUT2D eigenvalue weighted by Crippen LogP contribution is -2.59. The maximum atomic E-state index is 12.8. The molecule has 1 saturated heterocycles. The van der Waals surface area contributed by atoms with E-state index in [4.69, 9.17) is 10.5 Å². The molecule has 1 heterocycles. The number of ether oxygens (including phenoxy) is 1. The van der Waals surface area contributed by atoms with Crippen LogP contribution in [0.1, 0.15) is 44.6 Å². The molecule has 0 bridgehead atoms. The van der Waals surface area contributed by atoms with Crippen molar-refractivity contribution in [2.24, 2.45) is 11.7 Å². The Morgan fingerprint density at radius 1 is 1.15 bits per heavy atom. The van der Waals surface area contributed by atoms with E-state index in [0.717, 1.165) is 18.4 Å². The Morgan fingerprint density at radius 2 is 1.85 bits per heavy atom. The lowest BCUT2D eigenvalue weighted by atomic mass is 9.83. The Labute approximate surface area is 161 Å². The molecule has 0 spiro atoms. The molecule has 6 nitrogen and oxygen atoms in total. The van der Waals surface area contributed by atoms with Crippen molar-refractivity contribution in [1.82, 2.24) is 9.80 Å². The molecule has 2 N–H and O–H groups in total. The Morgan fingerprint density at radius 3 is 2.52 bits per heavy atom. The van der Waals surface area contributed by atoms with E-state index in [1.807, 2.05) is 42.2 Å². The predicted molar refractivity (Wildman–Crippen MR) is 104 cm³/mol. The average molecular weight is 373 g/mol. The average Bonchev–Trinajstić information content (AvgIpc) is 2.72. The molecule has 6 heteroatoms. The molecule has 1 aromatic carbocycles. The molecule has 27 heavy (non-hydrogen) atoms. The number of amides is 2. The lowest BCUT2D eigenvalue weighted by Gasteiger charge is -2.41. The number of piperazine rings is 1. The smallest absolute Gasteiger partial charge is 0.410 e. The highest BCUT2D eigenvalue weighted by molar-refractivity contribution is 5.82. The van der Waals surface area contributed by atoms with Gasteiger partial charge < -0.3 is 20.3 Å². The Hall–Kier alpha value is -2.08. The van der Waals surface area contributed by atoms with Crippen molar-refractivity contribution < 1.29 is 14.3 Å². The van der Waals surface area contributed by atoms with E-state index in [9.17, 15) is 9.59 Å². The van der Waals surface area contributed by atoms with Crippen molar-refractivity contribution in [3.63, 3.8) is 0 Å². The van der Waals surface area contributed by atoms with Crippen LogP contribution in [0.2, 0.25) is 0 Å². The number of benzene rings is 1. The van der Waals surface area contributed by atoms with Gasteiger partial charge in [0.25, 0.3) is 0 Å². The summed E-state index contributed by atoms with van der Waals surface area (Å²) in [5.74, 6) is 0.335. The molecular weight excluding hydrogens is 342 g/mol. The van der Waals surface area contributed by atoms with Crippen molar-refractivity contribution in [2.45, 2.75) is 57.7 Å². The van der Waals surface area contributed by atoms with E-state index >= 15 is 0 Å². The van der Waals surface area contributed by atoms with Crippen LogP contribution in [-0.4, -0.2) is 53.5 Å². The molecule has 3 rings (SSSR count). The maximum Gasteiger partial charge on any atom is 0.410 e. The molecular formula is C21H31N3O3. The Kier molecular flexibility index (Phi) is 6.72. The number of nitrogens with two attached hydrogens (primary N) is 1. The second kappa shape index (κ2) is 9.22. The summed E-state index contributed by atoms with van der Waals surface area (Å²) in [4.78, 5) is 28.7. The van der Waals surface area contributed by atoms with E-state index in [1.165, 1.54) is 19.3 Å². The van der Waals surface area contributed by atoms with Gasteiger partial charge in [-0.2, -0.15) is 0 Å². The van der Waals surface area contributed by atoms with E-state index < -0.39 is 6.04 Å². The first-order chi connectivity index (χ1) is 13.1. The van der Waals surface area contributed by atoms with Crippen LogP contribution in [0.5, 0.6) is 0 Å². The zero-order valence-electron chi connectivity index (χ0n) is 16.2. The van der Waals surface area contributed by atoms with Crippen LogP contribution in [0.3, 0.4) is 0 Å². The summed E-state index contributed by atoms with van der Waals surface area (Å²) >= 11 is 0. The normalized spacial score (nSPS) is 22.4. The van der Waals surface area contributed by atoms with E-state index in [1.54, 1.807) is 4.90 Å².